The molecule has 3 N–H and O–H groups in total. The number of para-hydroxylation sites is 1. The molecule has 0 radical (unpaired) electrons. The zero-order valence-corrected chi connectivity index (χ0v) is 8.82. The van der Waals surface area contributed by atoms with Crippen molar-refractivity contribution in [3.63, 3.8) is 0 Å². The van der Waals surface area contributed by atoms with E-state index >= 15 is 0 Å². The Hall–Kier alpha value is -1.71. The van der Waals surface area contributed by atoms with Crippen LogP contribution in [0, 0.1) is 0 Å². The molecular formula is C11H16N2O2. The fraction of sp³-hybridized carbons (Fsp3) is 0.364. The van der Waals surface area contributed by atoms with Gasteiger partial charge in [-0.3, -0.25) is 0 Å². The number of hydrogen-bond donors (Lipinski definition) is 2. The number of rotatable bonds is 4. The molecule has 0 aliphatic carbocycles. The number of hydrogen-bond acceptors (Lipinski definition) is 3. The van der Waals surface area contributed by atoms with Gasteiger partial charge < -0.3 is 15.8 Å². The number of carbonyl (C=O) groups is 1. The first-order valence-electron chi connectivity index (χ1n) is 4.98. The number of carbonyl (C=O) groups excluding carboxylic acids is 1. The molecule has 0 aliphatic heterocycles. The van der Waals surface area contributed by atoms with Gasteiger partial charge in [-0.05, 0) is 12.5 Å². The molecule has 1 rings (SSSR count). The minimum Gasteiger partial charge on any atom is -0.445 e. The van der Waals surface area contributed by atoms with E-state index in [9.17, 15) is 4.79 Å². The summed E-state index contributed by atoms with van der Waals surface area (Å²) in [4.78, 5) is 11.1. The summed E-state index contributed by atoms with van der Waals surface area (Å²) in [5.41, 5.74) is 7.16. The third kappa shape index (κ3) is 3.89. The van der Waals surface area contributed by atoms with Crippen molar-refractivity contribution in [2.75, 3.05) is 12.3 Å². The molecule has 4 heteroatoms. The minimum atomic E-state index is -0.403. The first-order chi connectivity index (χ1) is 7.24. The molecule has 0 spiro atoms. The predicted molar refractivity (Wildman–Crippen MR) is 59.3 cm³/mol. The maximum atomic E-state index is 11.1. The van der Waals surface area contributed by atoms with Gasteiger partial charge in [0.2, 0.25) is 0 Å². The zero-order chi connectivity index (χ0) is 11.1. The number of anilines is 1. The summed E-state index contributed by atoms with van der Waals surface area (Å²) in [6, 6.07) is 7.32. The van der Waals surface area contributed by atoms with Crippen molar-refractivity contribution >= 4 is 11.8 Å². The van der Waals surface area contributed by atoms with Crippen LogP contribution in [0.25, 0.3) is 0 Å². The fourth-order valence-electron chi connectivity index (χ4n) is 1.09. The lowest BCUT2D eigenvalue weighted by Crippen LogP contribution is -2.24. The highest BCUT2D eigenvalue weighted by molar-refractivity contribution is 5.67. The molecule has 0 aliphatic rings. The SMILES string of the molecule is CCCNC(=O)OCc1ccccc1N. The van der Waals surface area contributed by atoms with Crippen molar-refractivity contribution < 1.29 is 9.53 Å². The number of amides is 1. The van der Waals surface area contributed by atoms with Crippen LogP contribution in [0.15, 0.2) is 24.3 Å². The van der Waals surface area contributed by atoms with Crippen LogP contribution in [0.1, 0.15) is 18.9 Å². The Kier molecular flexibility index (Phi) is 4.47. The molecule has 1 aromatic rings. The maximum absolute atomic E-state index is 11.1. The van der Waals surface area contributed by atoms with Crippen LogP contribution in [0.4, 0.5) is 10.5 Å². The van der Waals surface area contributed by atoms with Crippen molar-refractivity contribution in [2.24, 2.45) is 0 Å². The quantitative estimate of drug-likeness (QED) is 0.743. The third-order valence-corrected chi connectivity index (χ3v) is 1.93. The van der Waals surface area contributed by atoms with E-state index in [1.54, 1.807) is 6.07 Å². The number of ether oxygens (including phenoxy) is 1. The van der Waals surface area contributed by atoms with Crippen molar-refractivity contribution in [1.82, 2.24) is 5.32 Å². The normalized spacial score (nSPS) is 9.67. The highest BCUT2D eigenvalue weighted by Gasteiger charge is 2.02. The van der Waals surface area contributed by atoms with E-state index in [-0.39, 0.29) is 6.61 Å². The van der Waals surface area contributed by atoms with Gasteiger partial charge in [0, 0.05) is 17.8 Å². The number of nitrogens with one attached hydrogen (secondary N) is 1. The summed E-state index contributed by atoms with van der Waals surface area (Å²) in [6.45, 7) is 2.82. The Bertz CT molecular complexity index is 326. The monoisotopic (exact) mass is 208 g/mol. The summed E-state index contributed by atoms with van der Waals surface area (Å²) >= 11 is 0. The Morgan fingerprint density at radius 1 is 1.47 bits per heavy atom. The number of benzene rings is 1. The van der Waals surface area contributed by atoms with Crippen molar-refractivity contribution in [3.05, 3.63) is 29.8 Å². The lowest BCUT2D eigenvalue weighted by Gasteiger charge is -2.07. The maximum Gasteiger partial charge on any atom is 0.407 e. The van der Waals surface area contributed by atoms with Gasteiger partial charge in [-0.1, -0.05) is 25.1 Å². The molecule has 0 atom stereocenters. The molecule has 0 bridgehead atoms. The van der Waals surface area contributed by atoms with Crippen LogP contribution in [0.2, 0.25) is 0 Å². The van der Waals surface area contributed by atoms with E-state index in [1.165, 1.54) is 0 Å². The molecule has 0 saturated carbocycles. The van der Waals surface area contributed by atoms with Gasteiger partial charge in [-0.2, -0.15) is 0 Å². The highest BCUT2D eigenvalue weighted by Crippen LogP contribution is 2.11. The Labute approximate surface area is 89.4 Å². The first-order valence-corrected chi connectivity index (χ1v) is 4.98. The first kappa shape index (κ1) is 11.4. The molecule has 1 amide bonds. The zero-order valence-electron chi connectivity index (χ0n) is 8.82. The second kappa shape index (κ2) is 5.90. The largest absolute Gasteiger partial charge is 0.445 e. The second-order valence-corrected chi connectivity index (χ2v) is 3.20. The van der Waals surface area contributed by atoms with Crippen LogP contribution < -0.4 is 11.1 Å². The lowest BCUT2D eigenvalue weighted by molar-refractivity contribution is 0.140. The molecular weight excluding hydrogens is 192 g/mol. The average molecular weight is 208 g/mol. The van der Waals surface area contributed by atoms with E-state index in [0.29, 0.717) is 12.2 Å². The molecule has 1 aromatic carbocycles. The third-order valence-electron chi connectivity index (χ3n) is 1.93. The van der Waals surface area contributed by atoms with E-state index in [4.69, 9.17) is 10.5 Å². The summed E-state index contributed by atoms with van der Waals surface area (Å²) in [5, 5.41) is 2.62. The molecule has 0 fully saturated rings. The van der Waals surface area contributed by atoms with Crippen molar-refractivity contribution in [2.45, 2.75) is 20.0 Å². The number of alkyl carbamates (subject to hydrolysis) is 1. The standard InChI is InChI=1S/C11H16N2O2/c1-2-7-13-11(14)15-8-9-5-3-4-6-10(9)12/h3-6H,2,7-8,12H2,1H3,(H,13,14). The molecule has 0 saturated heterocycles. The van der Waals surface area contributed by atoms with Crippen LogP contribution in [0.5, 0.6) is 0 Å². The van der Waals surface area contributed by atoms with E-state index in [1.807, 2.05) is 25.1 Å². The topological polar surface area (TPSA) is 64.3 Å². The number of nitrogen functional groups attached to an aromatic ring is 1. The van der Waals surface area contributed by atoms with Gasteiger partial charge in [-0.25, -0.2) is 4.79 Å². The Morgan fingerprint density at radius 3 is 2.87 bits per heavy atom. The summed E-state index contributed by atoms with van der Waals surface area (Å²) < 4.78 is 4.98. The van der Waals surface area contributed by atoms with Crippen molar-refractivity contribution in [3.8, 4) is 0 Å². The van der Waals surface area contributed by atoms with E-state index in [2.05, 4.69) is 5.32 Å². The fourth-order valence-corrected chi connectivity index (χ4v) is 1.09. The highest BCUT2D eigenvalue weighted by atomic mass is 16.5. The number of nitrogens with two attached hydrogens (primary N) is 1. The van der Waals surface area contributed by atoms with Gasteiger partial charge >= 0.3 is 6.09 Å². The van der Waals surface area contributed by atoms with Gasteiger partial charge in [-0.15, -0.1) is 0 Å². The smallest absolute Gasteiger partial charge is 0.407 e. The van der Waals surface area contributed by atoms with E-state index in [0.717, 1.165) is 12.0 Å². The van der Waals surface area contributed by atoms with Gasteiger partial charge in [0.25, 0.3) is 0 Å². The Morgan fingerprint density at radius 2 is 2.20 bits per heavy atom. The van der Waals surface area contributed by atoms with Crippen LogP contribution >= 0.6 is 0 Å². The van der Waals surface area contributed by atoms with Gasteiger partial charge in [0.15, 0.2) is 0 Å². The van der Waals surface area contributed by atoms with Crippen molar-refractivity contribution in [1.29, 1.82) is 0 Å². The lowest BCUT2D eigenvalue weighted by atomic mass is 10.2. The average Bonchev–Trinajstić information content (AvgIpc) is 2.25. The predicted octanol–water partition coefficient (Wildman–Crippen LogP) is 1.90. The van der Waals surface area contributed by atoms with Gasteiger partial charge in [0.1, 0.15) is 6.61 Å². The molecule has 0 unspecified atom stereocenters. The van der Waals surface area contributed by atoms with Crippen LogP contribution in [0.3, 0.4) is 0 Å². The van der Waals surface area contributed by atoms with Crippen LogP contribution in [-0.4, -0.2) is 12.6 Å². The molecule has 82 valence electrons. The summed E-state index contributed by atoms with van der Waals surface area (Å²) in [7, 11) is 0. The minimum absolute atomic E-state index is 0.211. The van der Waals surface area contributed by atoms with Gasteiger partial charge in [0.05, 0.1) is 0 Å². The Balaban J connectivity index is 2.37. The molecule has 0 aromatic heterocycles. The molecule has 0 heterocycles. The summed E-state index contributed by atoms with van der Waals surface area (Å²) in [5.74, 6) is 0. The second-order valence-electron chi connectivity index (χ2n) is 3.20. The van der Waals surface area contributed by atoms with E-state index < -0.39 is 6.09 Å². The molecule has 4 nitrogen and oxygen atoms in total. The summed E-state index contributed by atoms with van der Waals surface area (Å²) in [6.07, 6.45) is 0.489. The molecule has 15 heavy (non-hydrogen) atoms. The van der Waals surface area contributed by atoms with Crippen LogP contribution in [-0.2, 0) is 11.3 Å².